The van der Waals surface area contributed by atoms with Crippen molar-refractivity contribution in [3.05, 3.63) is 93.2 Å². The molecule has 0 bridgehead atoms. The molecule has 0 fully saturated rings. The smallest absolute Gasteiger partial charge is 0.259 e. The predicted octanol–water partition coefficient (Wildman–Crippen LogP) is 4.13. The standard InChI is InChI=1S/C25H23F2N3O2/c1-14-10-17-8-9-30(23-7-6-21(26)15(2)29-23)25(32)20(17)13-18(14)11-16-4-5-19(22(27)12-16)24(31)28-3/h4-7,10,12-13H,8-9,11H2,1-3H3,(H,28,31). The average molecular weight is 435 g/mol. The maximum absolute atomic E-state index is 14.4. The maximum atomic E-state index is 14.4. The molecule has 1 aromatic heterocycles. The lowest BCUT2D eigenvalue weighted by atomic mass is 9.90. The quantitative estimate of drug-likeness (QED) is 0.670. The monoisotopic (exact) mass is 435 g/mol. The molecule has 4 rings (SSSR count). The molecule has 0 radical (unpaired) electrons. The minimum atomic E-state index is -0.586. The molecule has 0 spiro atoms. The third-order valence-corrected chi connectivity index (χ3v) is 5.83. The van der Waals surface area contributed by atoms with Crippen LogP contribution in [0.3, 0.4) is 0 Å². The third kappa shape index (κ3) is 3.98. The Morgan fingerprint density at radius 1 is 1.09 bits per heavy atom. The number of fused-ring (bicyclic) bond motifs is 1. The van der Waals surface area contributed by atoms with Crippen molar-refractivity contribution < 1.29 is 18.4 Å². The second-order valence-electron chi connectivity index (χ2n) is 7.95. The van der Waals surface area contributed by atoms with Gasteiger partial charge in [-0.05, 0) is 79.3 Å². The molecular formula is C25H23F2N3O2. The second kappa shape index (κ2) is 8.49. The molecule has 5 nitrogen and oxygen atoms in total. The number of rotatable bonds is 4. The van der Waals surface area contributed by atoms with E-state index in [1.54, 1.807) is 17.9 Å². The summed E-state index contributed by atoms with van der Waals surface area (Å²) in [5.41, 5.74) is 4.37. The highest BCUT2D eigenvalue weighted by Gasteiger charge is 2.27. The summed E-state index contributed by atoms with van der Waals surface area (Å²) in [6.45, 7) is 4.00. The molecule has 164 valence electrons. The van der Waals surface area contributed by atoms with Crippen LogP contribution in [0.15, 0.2) is 42.5 Å². The van der Waals surface area contributed by atoms with Crippen molar-refractivity contribution in [2.24, 2.45) is 0 Å². The van der Waals surface area contributed by atoms with Gasteiger partial charge in [0.1, 0.15) is 17.5 Å². The van der Waals surface area contributed by atoms with Gasteiger partial charge in [0.2, 0.25) is 0 Å². The zero-order valence-electron chi connectivity index (χ0n) is 18.1. The van der Waals surface area contributed by atoms with E-state index < -0.39 is 17.5 Å². The Bertz CT molecular complexity index is 1240. The number of aromatic nitrogens is 1. The zero-order chi connectivity index (χ0) is 23.0. The van der Waals surface area contributed by atoms with Gasteiger partial charge in [-0.2, -0.15) is 0 Å². The first-order valence-corrected chi connectivity index (χ1v) is 10.4. The SMILES string of the molecule is CNC(=O)c1ccc(Cc2cc3c(cc2C)CCN(c2ccc(F)c(C)n2)C3=O)cc1F. The summed E-state index contributed by atoms with van der Waals surface area (Å²) >= 11 is 0. The predicted molar refractivity (Wildman–Crippen MR) is 118 cm³/mol. The first kappa shape index (κ1) is 21.6. The minimum absolute atomic E-state index is 0.00803. The first-order valence-electron chi connectivity index (χ1n) is 10.4. The Hall–Kier alpha value is -3.61. The third-order valence-electron chi connectivity index (χ3n) is 5.83. The fraction of sp³-hybridized carbons (Fsp3) is 0.240. The molecule has 1 N–H and O–H groups in total. The summed E-state index contributed by atoms with van der Waals surface area (Å²) in [7, 11) is 1.45. The molecule has 1 aliphatic rings. The number of benzene rings is 2. The molecule has 2 amide bonds. The van der Waals surface area contributed by atoms with E-state index in [1.165, 1.54) is 31.3 Å². The van der Waals surface area contributed by atoms with E-state index in [4.69, 9.17) is 0 Å². The number of halogens is 2. The van der Waals surface area contributed by atoms with Gasteiger partial charge in [0.15, 0.2) is 0 Å². The highest BCUT2D eigenvalue weighted by Crippen LogP contribution is 2.28. The van der Waals surface area contributed by atoms with E-state index >= 15 is 0 Å². The minimum Gasteiger partial charge on any atom is -0.355 e. The summed E-state index contributed by atoms with van der Waals surface area (Å²) < 4.78 is 28.0. The molecule has 3 aromatic rings. The van der Waals surface area contributed by atoms with Gasteiger partial charge in [-0.3, -0.25) is 14.5 Å². The van der Waals surface area contributed by atoms with E-state index in [9.17, 15) is 18.4 Å². The molecule has 0 atom stereocenters. The summed E-state index contributed by atoms with van der Waals surface area (Å²) in [5, 5.41) is 2.42. The van der Waals surface area contributed by atoms with Crippen LogP contribution in [-0.2, 0) is 12.8 Å². The maximum Gasteiger partial charge on any atom is 0.259 e. The van der Waals surface area contributed by atoms with E-state index in [-0.39, 0.29) is 17.2 Å². The molecule has 0 aliphatic carbocycles. The van der Waals surface area contributed by atoms with Crippen LogP contribution in [0.2, 0.25) is 0 Å². The Kier molecular flexibility index (Phi) is 5.74. The number of carbonyl (C=O) groups is 2. The number of amides is 2. The lowest BCUT2D eigenvalue weighted by Gasteiger charge is -2.29. The Morgan fingerprint density at radius 2 is 1.88 bits per heavy atom. The number of hydrogen-bond donors (Lipinski definition) is 1. The molecular weight excluding hydrogens is 412 g/mol. The molecule has 2 heterocycles. The van der Waals surface area contributed by atoms with E-state index in [0.29, 0.717) is 36.3 Å². The highest BCUT2D eigenvalue weighted by molar-refractivity contribution is 6.08. The summed E-state index contributed by atoms with van der Waals surface area (Å²) in [6.07, 6.45) is 1.08. The Balaban J connectivity index is 1.64. The van der Waals surface area contributed by atoms with Crippen molar-refractivity contribution in [3.8, 4) is 0 Å². The van der Waals surface area contributed by atoms with Crippen LogP contribution in [0.25, 0.3) is 0 Å². The Labute approximate surface area is 185 Å². The number of carbonyl (C=O) groups excluding carboxylic acids is 2. The van der Waals surface area contributed by atoms with Crippen molar-refractivity contribution in [2.75, 3.05) is 18.5 Å². The van der Waals surface area contributed by atoms with Crippen molar-refractivity contribution in [1.82, 2.24) is 10.3 Å². The topological polar surface area (TPSA) is 62.3 Å². The lowest BCUT2D eigenvalue weighted by molar-refractivity contribution is 0.0956. The molecule has 7 heteroatoms. The van der Waals surface area contributed by atoms with Crippen LogP contribution in [0.4, 0.5) is 14.6 Å². The van der Waals surface area contributed by atoms with Crippen LogP contribution < -0.4 is 10.2 Å². The van der Waals surface area contributed by atoms with Gasteiger partial charge in [0, 0.05) is 19.2 Å². The van der Waals surface area contributed by atoms with E-state index in [1.807, 2.05) is 19.1 Å². The van der Waals surface area contributed by atoms with Crippen LogP contribution in [0.5, 0.6) is 0 Å². The van der Waals surface area contributed by atoms with Gasteiger partial charge in [-0.1, -0.05) is 12.1 Å². The number of nitrogens with one attached hydrogen (secondary N) is 1. The number of pyridine rings is 1. The van der Waals surface area contributed by atoms with E-state index in [0.717, 1.165) is 16.7 Å². The van der Waals surface area contributed by atoms with Crippen LogP contribution in [0.1, 0.15) is 48.7 Å². The summed E-state index contributed by atoms with van der Waals surface area (Å²) in [5.74, 6) is -1.24. The molecule has 1 aliphatic heterocycles. The lowest BCUT2D eigenvalue weighted by Crippen LogP contribution is -2.38. The van der Waals surface area contributed by atoms with Crippen LogP contribution in [0, 0.1) is 25.5 Å². The van der Waals surface area contributed by atoms with Crippen molar-refractivity contribution in [2.45, 2.75) is 26.7 Å². The molecule has 0 saturated carbocycles. The van der Waals surface area contributed by atoms with Crippen LogP contribution in [-0.4, -0.2) is 30.4 Å². The zero-order valence-corrected chi connectivity index (χ0v) is 18.1. The van der Waals surface area contributed by atoms with Gasteiger partial charge in [-0.25, -0.2) is 13.8 Å². The Morgan fingerprint density at radius 3 is 2.56 bits per heavy atom. The normalized spacial score (nSPS) is 13.2. The average Bonchev–Trinajstić information content (AvgIpc) is 2.77. The molecule has 2 aromatic carbocycles. The first-order chi connectivity index (χ1) is 15.3. The van der Waals surface area contributed by atoms with Gasteiger partial charge in [0.25, 0.3) is 11.8 Å². The number of hydrogen-bond acceptors (Lipinski definition) is 3. The van der Waals surface area contributed by atoms with Gasteiger partial charge >= 0.3 is 0 Å². The summed E-state index contributed by atoms with van der Waals surface area (Å²) in [6, 6.07) is 11.2. The van der Waals surface area contributed by atoms with Crippen molar-refractivity contribution >= 4 is 17.6 Å². The number of anilines is 1. The molecule has 0 saturated heterocycles. The largest absolute Gasteiger partial charge is 0.355 e. The van der Waals surface area contributed by atoms with Crippen molar-refractivity contribution in [1.29, 1.82) is 0 Å². The van der Waals surface area contributed by atoms with E-state index in [2.05, 4.69) is 10.3 Å². The van der Waals surface area contributed by atoms with Crippen LogP contribution >= 0.6 is 0 Å². The van der Waals surface area contributed by atoms with Gasteiger partial charge < -0.3 is 5.32 Å². The highest BCUT2D eigenvalue weighted by atomic mass is 19.1. The fourth-order valence-corrected chi connectivity index (χ4v) is 4.00. The fourth-order valence-electron chi connectivity index (χ4n) is 4.00. The molecule has 32 heavy (non-hydrogen) atoms. The number of nitrogens with zero attached hydrogens (tertiary/aromatic N) is 2. The second-order valence-corrected chi connectivity index (χ2v) is 7.95. The van der Waals surface area contributed by atoms with Gasteiger partial charge in [0.05, 0.1) is 11.3 Å². The molecule has 0 unspecified atom stereocenters. The summed E-state index contributed by atoms with van der Waals surface area (Å²) in [4.78, 5) is 30.7. The van der Waals surface area contributed by atoms with Gasteiger partial charge in [-0.15, -0.1) is 0 Å². The number of aryl methyl sites for hydroxylation is 2. The van der Waals surface area contributed by atoms with Crippen molar-refractivity contribution in [3.63, 3.8) is 0 Å².